The van der Waals surface area contributed by atoms with Crippen molar-refractivity contribution < 1.29 is 14.3 Å². The highest BCUT2D eigenvalue weighted by atomic mass is 16.6. The average molecular weight is 269 g/mol. The van der Waals surface area contributed by atoms with Gasteiger partial charge in [0.25, 0.3) is 0 Å². The Labute approximate surface area is 116 Å². The van der Waals surface area contributed by atoms with Gasteiger partial charge in [-0.25, -0.2) is 0 Å². The van der Waals surface area contributed by atoms with Crippen LogP contribution in [0.3, 0.4) is 0 Å². The Balaban J connectivity index is 4.70. The van der Waals surface area contributed by atoms with Crippen LogP contribution < -0.4 is 0 Å². The van der Waals surface area contributed by atoms with Crippen molar-refractivity contribution >= 4 is 11.9 Å². The Morgan fingerprint density at radius 2 is 1.79 bits per heavy atom. The molecule has 0 fully saturated rings. The third-order valence-electron chi connectivity index (χ3n) is 2.79. The summed E-state index contributed by atoms with van der Waals surface area (Å²) in [6.07, 6.45) is 1.62. The topological polar surface area (TPSA) is 46.6 Å². The first kappa shape index (κ1) is 17.7. The van der Waals surface area contributed by atoms with Gasteiger partial charge in [0.2, 0.25) is 5.91 Å². The van der Waals surface area contributed by atoms with E-state index in [1.54, 1.807) is 26.8 Å². The summed E-state index contributed by atoms with van der Waals surface area (Å²) in [5.74, 6) is -0.319. The highest BCUT2D eigenvalue weighted by Crippen LogP contribution is 2.14. The molecule has 0 aromatic heterocycles. The van der Waals surface area contributed by atoms with Crippen molar-refractivity contribution in [2.75, 3.05) is 13.1 Å². The number of ether oxygens (including phenoxy) is 1. The third kappa shape index (κ3) is 6.99. The zero-order valence-electron chi connectivity index (χ0n) is 13.0. The lowest BCUT2D eigenvalue weighted by molar-refractivity contribution is -0.159. The van der Waals surface area contributed by atoms with Crippen LogP contribution in [0.2, 0.25) is 0 Å². The Morgan fingerprint density at radius 1 is 1.26 bits per heavy atom. The zero-order valence-corrected chi connectivity index (χ0v) is 13.0. The molecule has 0 aliphatic carbocycles. The lowest BCUT2D eigenvalue weighted by atomic mass is 9.96. The predicted octanol–water partition coefficient (Wildman–Crippen LogP) is 2.63. The van der Waals surface area contributed by atoms with E-state index in [-0.39, 0.29) is 24.3 Å². The van der Waals surface area contributed by atoms with E-state index in [1.807, 2.05) is 20.8 Å². The van der Waals surface area contributed by atoms with Crippen LogP contribution in [0.15, 0.2) is 12.7 Å². The average Bonchev–Trinajstić information content (AvgIpc) is 2.23. The minimum Gasteiger partial charge on any atom is -0.459 e. The maximum Gasteiger partial charge on any atom is 0.326 e. The first-order valence-corrected chi connectivity index (χ1v) is 6.70. The van der Waals surface area contributed by atoms with E-state index < -0.39 is 11.6 Å². The van der Waals surface area contributed by atoms with Gasteiger partial charge in [-0.3, -0.25) is 9.59 Å². The van der Waals surface area contributed by atoms with Gasteiger partial charge in [0.15, 0.2) is 0 Å². The van der Waals surface area contributed by atoms with Crippen molar-refractivity contribution in [3.05, 3.63) is 12.7 Å². The number of amides is 1. The molecule has 1 amide bonds. The van der Waals surface area contributed by atoms with E-state index in [0.717, 1.165) is 0 Å². The second kappa shape index (κ2) is 7.31. The molecule has 0 aliphatic rings. The molecule has 0 N–H and O–H groups in total. The van der Waals surface area contributed by atoms with E-state index in [4.69, 9.17) is 4.74 Å². The maximum atomic E-state index is 12.2. The third-order valence-corrected chi connectivity index (χ3v) is 2.79. The van der Waals surface area contributed by atoms with Gasteiger partial charge in [0.1, 0.15) is 12.1 Å². The number of nitrogens with zero attached hydrogens (tertiary/aromatic N) is 1. The van der Waals surface area contributed by atoms with Crippen LogP contribution in [0.4, 0.5) is 0 Å². The van der Waals surface area contributed by atoms with Gasteiger partial charge in [0, 0.05) is 12.5 Å². The van der Waals surface area contributed by atoms with Gasteiger partial charge in [-0.1, -0.05) is 26.8 Å². The molecule has 0 aromatic rings. The lowest BCUT2D eigenvalue weighted by Crippen LogP contribution is -2.42. The van der Waals surface area contributed by atoms with Gasteiger partial charge in [-0.15, -0.1) is 6.58 Å². The highest BCUT2D eigenvalue weighted by molar-refractivity contribution is 5.83. The van der Waals surface area contributed by atoms with Gasteiger partial charge < -0.3 is 9.64 Å². The summed E-state index contributed by atoms with van der Waals surface area (Å²) < 4.78 is 5.24. The van der Waals surface area contributed by atoms with Crippen LogP contribution in [0.1, 0.15) is 41.5 Å². The molecule has 0 saturated carbocycles. The standard InChI is InChI=1S/C15H27NO3/c1-8-9-16(14(18)12(4)11(2)3)10-13(17)19-15(5,6)7/h8,11-12H,1,9-10H2,2-7H3/t12-/m0/s1. The van der Waals surface area contributed by atoms with Gasteiger partial charge in [0.05, 0.1) is 0 Å². The number of carbonyl (C=O) groups is 2. The number of esters is 1. The van der Waals surface area contributed by atoms with Crippen molar-refractivity contribution in [3.8, 4) is 0 Å². The number of rotatable bonds is 6. The van der Waals surface area contributed by atoms with E-state index in [0.29, 0.717) is 6.54 Å². The molecule has 0 unspecified atom stereocenters. The number of hydrogen-bond acceptors (Lipinski definition) is 3. The van der Waals surface area contributed by atoms with Crippen molar-refractivity contribution in [1.82, 2.24) is 4.90 Å². The number of hydrogen-bond donors (Lipinski definition) is 0. The lowest BCUT2D eigenvalue weighted by Gasteiger charge is -2.27. The molecule has 19 heavy (non-hydrogen) atoms. The van der Waals surface area contributed by atoms with Crippen LogP contribution in [0, 0.1) is 11.8 Å². The van der Waals surface area contributed by atoms with Crippen LogP contribution in [0.25, 0.3) is 0 Å². The smallest absolute Gasteiger partial charge is 0.326 e. The SMILES string of the molecule is C=CCN(CC(=O)OC(C)(C)C)C(=O)[C@@H](C)C(C)C. The fourth-order valence-corrected chi connectivity index (χ4v) is 1.49. The second-order valence-electron chi connectivity index (χ2n) is 6.13. The van der Waals surface area contributed by atoms with E-state index in [9.17, 15) is 9.59 Å². The molecule has 4 heteroatoms. The molecule has 0 bridgehead atoms. The fraction of sp³-hybridized carbons (Fsp3) is 0.733. The summed E-state index contributed by atoms with van der Waals surface area (Å²) in [6.45, 7) is 15.2. The van der Waals surface area contributed by atoms with Crippen LogP contribution in [-0.4, -0.2) is 35.5 Å². The Hall–Kier alpha value is -1.32. The Morgan fingerprint density at radius 3 is 2.16 bits per heavy atom. The molecule has 0 aliphatic heterocycles. The Bertz CT molecular complexity index is 329. The summed E-state index contributed by atoms with van der Waals surface area (Å²) >= 11 is 0. The molecule has 0 heterocycles. The largest absolute Gasteiger partial charge is 0.459 e. The van der Waals surface area contributed by atoms with Gasteiger partial charge >= 0.3 is 5.97 Å². The quantitative estimate of drug-likeness (QED) is 0.550. The molecule has 110 valence electrons. The fourth-order valence-electron chi connectivity index (χ4n) is 1.49. The van der Waals surface area contributed by atoms with Crippen molar-refractivity contribution in [2.45, 2.75) is 47.1 Å². The molecule has 4 nitrogen and oxygen atoms in total. The minimum atomic E-state index is -0.538. The van der Waals surface area contributed by atoms with Crippen molar-refractivity contribution in [1.29, 1.82) is 0 Å². The maximum absolute atomic E-state index is 12.2. The summed E-state index contributed by atoms with van der Waals surface area (Å²) in [6, 6.07) is 0. The minimum absolute atomic E-state index is 0.0286. The summed E-state index contributed by atoms with van der Waals surface area (Å²) in [7, 11) is 0. The zero-order chi connectivity index (χ0) is 15.2. The van der Waals surface area contributed by atoms with Crippen molar-refractivity contribution in [3.63, 3.8) is 0 Å². The highest BCUT2D eigenvalue weighted by Gasteiger charge is 2.26. The van der Waals surface area contributed by atoms with Crippen LogP contribution >= 0.6 is 0 Å². The monoisotopic (exact) mass is 269 g/mol. The summed E-state index contributed by atoms with van der Waals surface area (Å²) in [5, 5.41) is 0. The molecule has 0 aromatic carbocycles. The number of carbonyl (C=O) groups excluding carboxylic acids is 2. The van der Waals surface area contributed by atoms with E-state index in [1.165, 1.54) is 4.90 Å². The van der Waals surface area contributed by atoms with Crippen molar-refractivity contribution in [2.24, 2.45) is 11.8 Å². The summed E-state index contributed by atoms with van der Waals surface area (Å²) in [5.41, 5.74) is -0.538. The molecular weight excluding hydrogens is 242 g/mol. The molecule has 0 radical (unpaired) electrons. The van der Waals surface area contributed by atoms with Crippen LogP contribution in [-0.2, 0) is 14.3 Å². The van der Waals surface area contributed by atoms with E-state index in [2.05, 4.69) is 6.58 Å². The first-order chi connectivity index (χ1) is 8.58. The second-order valence-corrected chi connectivity index (χ2v) is 6.13. The van der Waals surface area contributed by atoms with Crippen LogP contribution in [0.5, 0.6) is 0 Å². The van der Waals surface area contributed by atoms with Gasteiger partial charge in [-0.05, 0) is 26.7 Å². The molecule has 0 rings (SSSR count). The molecular formula is C15H27NO3. The Kier molecular flexibility index (Phi) is 6.81. The molecule has 0 saturated heterocycles. The first-order valence-electron chi connectivity index (χ1n) is 6.70. The van der Waals surface area contributed by atoms with E-state index >= 15 is 0 Å². The molecule has 1 atom stereocenters. The summed E-state index contributed by atoms with van der Waals surface area (Å²) in [4.78, 5) is 25.5. The van der Waals surface area contributed by atoms with Gasteiger partial charge in [-0.2, -0.15) is 0 Å². The predicted molar refractivity (Wildman–Crippen MR) is 76.6 cm³/mol. The molecule has 0 spiro atoms. The normalized spacial score (nSPS) is 13.0.